The Morgan fingerprint density at radius 3 is 2.44 bits per heavy atom. The summed E-state index contributed by atoms with van der Waals surface area (Å²) in [5.74, 6) is 0.0163. The number of aromatic nitrogens is 1. The van der Waals surface area contributed by atoms with E-state index in [1.54, 1.807) is 36.4 Å². The van der Waals surface area contributed by atoms with Gasteiger partial charge in [0.05, 0.1) is 5.56 Å². The lowest BCUT2D eigenvalue weighted by molar-refractivity contribution is 0.0735. The second kappa shape index (κ2) is 6.46. The highest BCUT2D eigenvalue weighted by atomic mass is 35.5. The predicted molar refractivity (Wildman–Crippen MR) is 100 cm³/mol. The van der Waals surface area contributed by atoms with Gasteiger partial charge >= 0.3 is 5.97 Å². The molecule has 4 aromatic rings. The Bertz CT molecular complexity index is 1020. The summed E-state index contributed by atoms with van der Waals surface area (Å²) in [5, 5.41) is 1.68. The monoisotopic (exact) mass is 347 g/mol. The number of nitrogens with one attached hydrogen (secondary N) is 1. The summed E-state index contributed by atoms with van der Waals surface area (Å²) in [5.41, 5.74) is 3.59. The van der Waals surface area contributed by atoms with Gasteiger partial charge in [0.25, 0.3) is 0 Å². The van der Waals surface area contributed by atoms with Crippen molar-refractivity contribution in [2.75, 3.05) is 0 Å². The number of benzene rings is 3. The average molecular weight is 348 g/mol. The Morgan fingerprint density at radius 1 is 0.880 bits per heavy atom. The van der Waals surface area contributed by atoms with Crippen molar-refractivity contribution in [2.24, 2.45) is 0 Å². The summed E-state index contributed by atoms with van der Waals surface area (Å²) >= 11 is 5.90. The second-order valence-electron chi connectivity index (χ2n) is 5.69. The van der Waals surface area contributed by atoms with Crippen LogP contribution in [-0.4, -0.2) is 11.0 Å². The van der Waals surface area contributed by atoms with E-state index >= 15 is 0 Å². The van der Waals surface area contributed by atoms with Gasteiger partial charge in [-0.25, -0.2) is 4.79 Å². The second-order valence-corrected chi connectivity index (χ2v) is 6.13. The van der Waals surface area contributed by atoms with Gasteiger partial charge in [-0.15, -0.1) is 0 Å². The molecule has 3 nitrogen and oxygen atoms in total. The van der Waals surface area contributed by atoms with Crippen LogP contribution < -0.4 is 4.74 Å². The van der Waals surface area contributed by atoms with Crippen LogP contribution in [0.3, 0.4) is 0 Å². The molecule has 1 aromatic heterocycles. The molecule has 1 N–H and O–H groups in total. The Morgan fingerprint density at radius 2 is 1.68 bits per heavy atom. The molecular weight excluding hydrogens is 334 g/mol. The van der Waals surface area contributed by atoms with Crippen LogP contribution in [0.2, 0.25) is 5.02 Å². The van der Waals surface area contributed by atoms with Gasteiger partial charge in [0, 0.05) is 21.6 Å². The molecule has 0 bridgehead atoms. The molecule has 1 heterocycles. The number of carbonyl (C=O) groups is 1. The molecule has 0 aliphatic rings. The summed E-state index contributed by atoms with van der Waals surface area (Å²) in [4.78, 5) is 15.6. The first kappa shape index (κ1) is 15.5. The number of aromatic amines is 1. The van der Waals surface area contributed by atoms with Crippen LogP contribution in [0.25, 0.3) is 22.2 Å². The number of H-pyrrole nitrogens is 1. The molecule has 3 aromatic carbocycles. The van der Waals surface area contributed by atoms with Gasteiger partial charge in [-0.05, 0) is 48.0 Å². The molecule has 0 saturated carbocycles. The quantitative estimate of drug-likeness (QED) is 0.381. The summed E-state index contributed by atoms with van der Waals surface area (Å²) in [6.45, 7) is 0. The smallest absolute Gasteiger partial charge is 0.343 e. The fourth-order valence-electron chi connectivity index (χ4n) is 2.71. The summed E-state index contributed by atoms with van der Waals surface area (Å²) < 4.78 is 5.34. The van der Waals surface area contributed by atoms with Gasteiger partial charge in [0.1, 0.15) is 5.75 Å². The molecule has 122 valence electrons. The molecular formula is C21H14ClNO2. The van der Waals surface area contributed by atoms with Crippen LogP contribution in [-0.2, 0) is 0 Å². The maximum atomic E-state index is 12.2. The van der Waals surface area contributed by atoms with E-state index < -0.39 is 5.97 Å². The molecule has 0 aliphatic heterocycles. The molecule has 0 amide bonds. The molecule has 0 saturated heterocycles. The fraction of sp³-hybridized carbons (Fsp3) is 0. The molecule has 0 radical (unpaired) electrons. The zero-order chi connectivity index (χ0) is 17.2. The summed E-state index contributed by atoms with van der Waals surface area (Å²) in [6.07, 6.45) is 0. The standard InChI is InChI=1S/C21H14ClNO2/c22-17-5-3-6-18(13-17)25-21(24)15-10-8-14(9-11-15)20-12-16-4-1-2-7-19(16)23-20/h1-13,23H. The van der Waals surface area contributed by atoms with E-state index in [9.17, 15) is 4.79 Å². The van der Waals surface area contributed by atoms with Gasteiger partial charge in [-0.2, -0.15) is 0 Å². The number of esters is 1. The van der Waals surface area contributed by atoms with Crippen LogP contribution in [0.15, 0.2) is 78.9 Å². The molecule has 0 spiro atoms. The normalized spacial score (nSPS) is 10.8. The van der Waals surface area contributed by atoms with E-state index in [1.165, 1.54) is 0 Å². The maximum Gasteiger partial charge on any atom is 0.343 e. The van der Waals surface area contributed by atoms with Gasteiger partial charge < -0.3 is 9.72 Å². The molecule has 25 heavy (non-hydrogen) atoms. The molecule has 0 fully saturated rings. The summed E-state index contributed by atoms with van der Waals surface area (Å²) in [7, 11) is 0. The van der Waals surface area contributed by atoms with Crippen LogP contribution >= 0.6 is 11.6 Å². The highest BCUT2D eigenvalue weighted by Gasteiger charge is 2.10. The Balaban J connectivity index is 1.56. The van der Waals surface area contributed by atoms with Crippen molar-refractivity contribution in [1.29, 1.82) is 0 Å². The van der Waals surface area contributed by atoms with Crippen molar-refractivity contribution < 1.29 is 9.53 Å². The molecule has 0 atom stereocenters. The van der Waals surface area contributed by atoms with Crippen molar-refractivity contribution in [3.8, 4) is 17.0 Å². The van der Waals surface area contributed by atoms with Gasteiger partial charge in [-0.3, -0.25) is 0 Å². The fourth-order valence-corrected chi connectivity index (χ4v) is 2.89. The summed E-state index contributed by atoms with van der Waals surface area (Å²) in [6, 6.07) is 24.3. The van der Waals surface area contributed by atoms with Crippen molar-refractivity contribution in [1.82, 2.24) is 4.98 Å². The number of fused-ring (bicyclic) bond motifs is 1. The van der Waals surface area contributed by atoms with E-state index in [-0.39, 0.29) is 0 Å². The SMILES string of the molecule is O=C(Oc1cccc(Cl)c1)c1ccc(-c2cc3ccccc3[nH]2)cc1. The predicted octanol–water partition coefficient (Wildman–Crippen LogP) is 5.71. The zero-order valence-electron chi connectivity index (χ0n) is 13.2. The molecule has 0 aliphatic carbocycles. The van der Waals surface area contributed by atoms with Gasteiger partial charge in [0.15, 0.2) is 0 Å². The number of rotatable bonds is 3. The lowest BCUT2D eigenvalue weighted by Crippen LogP contribution is -2.08. The highest BCUT2D eigenvalue weighted by Crippen LogP contribution is 2.25. The minimum atomic E-state index is -0.412. The Hall–Kier alpha value is -3.04. The first-order valence-electron chi connectivity index (χ1n) is 7.85. The van der Waals surface area contributed by atoms with E-state index in [0.717, 1.165) is 22.2 Å². The van der Waals surface area contributed by atoms with Crippen LogP contribution in [0.1, 0.15) is 10.4 Å². The third kappa shape index (κ3) is 3.28. The molecule has 4 heteroatoms. The number of para-hydroxylation sites is 1. The number of carbonyl (C=O) groups excluding carboxylic acids is 1. The molecule has 4 rings (SSSR count). The van der Waals surface area contributed by atoms with Crippen molar-refractivity contribution in [2.45, 2.75) is 0 Å². The Labute approximate surface area is 149 Å². The minimum Gasteiger partial charge on any atom is -0.423 e. The van der Waals surface area contributed by atoms with Crippen molar-refractivity contribution >= 4 is 28.5 Å². The Kier molecular flexibility index (Phi) is 4.00. The van der Waals surface area contributed by atoms with Crippen LogP contribution in [0, 0.1) is 0 Å². The maximum absolute atomic E-state index is 12.2. The van der Waals surface area contributed by atoms with Gasteiger partial charge in [0.2, 0.25) is 0 Å². The zero-order valence-corrected chi connectivity index (χ0v) is 14.0. The third-order valence-corrected chi connectivity index (χ3v) is 4.20. The lowest BCUT2D eigenvalue weighted by atomic mass is 10.1. The number of hydrogen-bond acceptors (Lipinski definition) is 2. The van der Waals surface area contributed by atoms with E-state index in [1.807, 2.05) is 30.3 Å². The number of hydrogen-bond donors (Lipinski definition) is 1. The van der Waals surface area contributed by atoms with Crippen LogP contribution in [0.4, 0.5) is 0 Å². The topological polar surface area (TPSA) is 42.1 Å². The van der Waals surface area contributed by atoms with E-state index in [2.05, 4.69) is 17.1 Å². The first-order chi connectivity index (χ1) is 12.2. The van der Waals surface area contributed by atoms with E-state index in [4.69, 9.17) is 16.3 Å². The third-order valence-electron chi connectivity index (χ3n) is 3.97. The van der Waals surface area contributed by atoms with Crippen molar-refractivity contribution in [3.05, 3.63) is 89.4 Å². The van der Waals surface area contributed by atoms with Crippen LogP contribution in [0.5, 0.6) is 5.75 Å². The number of halogens is 1. The molecule has 0 unspecified atom stereocenters. The minimum absolute atomic E-state index is 0.412. The first-order valence-corrected chi connectivity index (χ1v) is 8.23. The van der Waals surface area contributed by atoms with Gasteiger partial charge in [-0.1, -0.05) is 48.0 Å². The highest BCUT2D eigenvalue weighted by molar-refractivity contribution is 6.30. The van der Waals surface area contributed by atoms with Crippen molar-refractivity contribution in [3.63, 3.8) is 0 Å². The average Bonchev–Trinajstić information content (AvgIpc) is 3.06. The largest absolute Gasteiger partial charge is 0.423 e. The number of ether oxygens (including phenoxy) is 1. The lowest BCUT2D eigenvalue weighted by Gasteiger charge is -2.05. The van der Waals surface area contributed by atoms with E-state index in [0.29, 0.717) is 16.3 Å².